The Kier molecular flexibility index (Phi) is 8.18. The molecule has 31 heavy (non-hydrogen) atoms. The molecule has 0 saturated carbocycles. The average Bonchev–Trinajstić information content (AvgIpc) is 2.67. The van der Waals surface area contributed by atoms with Crippen molar-refractivity contribution in [3.8, 4) is 0 Å². The van der Waals surface area contributed by atoms with Crippen LogP contribution < -0.4 is 15.4 Å². The van der Waals surface area contributed by atoms with Crippen LogP contribution >= 0.6 is 0 Å². The number of carbonyl (C=O) groups is 2. The number of nitrogens with zero attached hydrogens (tertiary/aromatic N) is 1. The van der Waals surface area contributed by atoms with E-state index in [1.807, 2.05) is 30.3 Å². The summed E-state index contributed by atoms with van der Waals surface area (Å²) in [7, 11) is -2.02. The van der Waals surface area contributed by atoms with E-state index in [2.05, 4.69) is 15.4 Å². The lowest BCUT2D eigenvalue weighted by Crippen LogP contribution is -2.40. The number of hydrogen-bond donors (Lipinski definition) is 3. The molecular weight excluding hydrogens is 416 g/mol. The number of nitrogens with one attached hydrogen (secondary N) is 3. The highest BCUT2D eigenvalue weighted by Gasteiger charge is 2.22. The standard InChI is InChI=1S/C22H30N4O4S/c1-22(2,3)25-31(29,30)19-12-8-11-18(15-19)24-20(27)13-14-23-21(28)26(4)16-17-9-6-5-7-10-17/h5-12,15,25H,13-14,16H2,1-4H3,(H,23,28)(H,24,27). The van der Waals surface area contributed by atoms with E-state index in [1.54, 1.807) is 40.0 Å². The van der Waals surface area contributed by atoms with Gasteiger partial charge in [-0.3, -0.25) is 4.79 Å². The van der Waals surface area contributed by atoms with Gasteiger partial charge >= 0.3 is 6.03 Å². The van der Waals surface area contributed by atoms with Gasteiger partial charge in [-0.05, 0) is 44.5 Å². The summed E-state index contributed by atoms with van der Waals surface area (Å²) >= 11 is 0. The minimum atomic E-state index is -3.70. The van der Waals surface area contributed by atoms with Crippen molar-refractivity contribution in [1.82, 2.24) is 14.9 Å². The number of anilines is 1. The van der Waals surface area contributed by atoms with Crippen LogP contribution in [0.1, 0.15) is 32.8 Å². The molecule has 0 aliphatic heterocycles. The lowest BCUT2D eigenvalue weighted by Gasteiger charge is -2.20. The zero-order valence-electron chi connectivity index (χ0n) is 18.3. The van der Waals surface area contributed by atoms with Crippen molar-refractivity contribution in [2.45, 2.75) is 44.2 Å². The second-order valence-corrected chi connectivity index (χ2v) is 9.94. The molecule has 0 aliphatic carbocycles. The summed E-state index contributed by atoms with van der Waals surface area (Å²) in [5.74, 6) is -0.329. The second-order valence-electron chi connectivity index (χ2n) is 8.26. The molecule has 2 rings (SSSR count). The molecule has 3 N–H and O–H groups in total. The Bertz CT molecular complexity index is 1000. The molecule has 2 aromatic carbocycles. The van der Waals surface area contributed by atoms with Crippen LogP contribution in [0.3, 0.4) is 0 Å². The van der Waals surface area contributed by atoms with Gasteiger partial charge in [-0.1, -0.05) is 36.4 Å². The van der Waals surface area contributed by atoms with Crippen molar-refractivity contribution in [2.75, 3.05) is 18.9 Å². The molecule has 2 aromatic rings. The Hall–Kier alpha value is -2.91. The van der Waals surface area contributed by atoms with E-state index in [1.165, 1.54) is 17.0 Å². The third-order valence-corrected chi connectivity index (χ3v) is 5.86. The SMILES string of the molecule is CN(Cc1ccccc1)C(=O)NCCC(=O)Nc1cccc(S(=O)(=O)NC(C)(C)C)c1. The van der Waals surface area contributed by atoms with Crippen molar-refractivity contribution < 1.29 is 18.0 Å². The predicted octanol–water partition coefficient (Wildman–Crippen LogP) is 2.93. The maximum Gasteiger partial charge on any atom is 0.317 e. The molecule has 168 valence electrons. The fraction of sp³-hybridized carbons (Fsp3) is 0.364. The molecule has 0 fully saturated rings. The predicted molar refractivity (Wildman–Crippen MR) is 121 cm³/mol. The molecule has 0 radical (unpaired) electrons. The summed E-state index contributed by atoms with van der Waals surface area (Å²) < 4.78 is 27.5. The normalized spacial score (nSPS) is 11.6. The van der Waals surface area contributed by atoms with Crippen molar-refractivity contribution in [1.29, 1.82) is 0 Å². The number of amides is 3. The highest BCUT2D eigenvalue weighted by Crippen LogP contribution is 2.17. The Morgan fingerprint density at radius 2 is 1.68 bits per heavy atom. The zero-order valence-corrected chi connectivity index (χ0v) is 19.1. The van der Waals surface area contributed by atoms with E-state index in [9.17, 15) is 18.0 Å². The highest BCUT2D eigenvalue weighted by molar-refractivity contribution is 7.89. The molecule has 0 heterocycles. The molecule has 0 aromatic heterocycles. The molecule has 0 unspecified atom stereocenters. The summed E-state index contributed by atoms with van der Waals surface area (Å²) in [6.07, 6.45) is 0.0577. The van der Waals surface area contributed by atoms with Gasteiger partial charge in [-0.15, -0.1) is 0 Å². The third kappa shape index (κ3) is 8.39. The molecule has 0 saturated heterocycles. The Labute approximate surface area is 184 Å². The average molecular weight is 447 g/mol. The second kappa shape index (κ2) is 10.4. The minimum Gasteiger partial charge on any atom is -0.337 e. The van der Waals surface area contributed by atoms with Gasteiger partial charge in [0.2, 0.25) is 15.9 Å². The van der Waals surface area contributed by atoms with Gasteiger partial charge in [-0.2, -0.15) is 0 Å². The van der Waals surface area contributed by atoms with Crippen LogP contribution in [-0.4, -0.2) is 44.4 Å². The fourth-order valence-electron chi connectivity index (χ4n) is 2.77. The Morgan fingerprint density at radius 3 is 2.32 bits per heavy atom. The van der Waals surface area contributed by atoms with Crippen LogP contribution in [0.4, 0.5) is 10.5 Å². The van der Waals surface area contributed by atoms with Gasteiger partial charge in [0.15, 0.2) is 0 Å². The lowest BCUT2D eigenvalue weighted by atomic mass is 10.1. The van der Waals surface area contributed by atoms with Gasteiger partial charge in [0, 0.05) is 37.8 Å². The number of benzene rings is 2. The zero-order chi connectivity index (χ0) is 23.1. The van der Waals surface area contributed by atoms with Crippen LogP contribution in [0.25, 0.3) is 0 Å². The largest absolute Gasteiger partial charge is 0.337 e. The van der Waals surface area contributed by atoms with E-state index in [-0.39, 0.29) is 29.8 Å². The molecular formula is C22H30N4O4S. The van der Waals surface area contributed by atoms with Crippen molar-refractivity contribution in [3.05, 3.63) is 60.2 Å². The smallest absolute Gasteiger partial charge is 0.317 e. The van der Waals surface area contributed by atoms with Crippen LogP contribution in [0.2, 0.25) is 0 Å². The number of rotatable bonds is 8. The van der Waals surface area contributed by atoms with Crippen LogP contribution in [0, 0.1) is 0 Å². The first-order valence-corrected chi connectivity index (χ1v) is 11.4. The topological polar surface area (TPSA) is 108 Å². The lowest BCUT2D eigenvalue weighted by molar-refractivity contribution is -0.116. The van der Waals surface area contributed by atoms with Crippen LogP contribution in [-0.2, 0) is 21.4 Å². The number of carbonyl (C=O) groups excluding carboxylic acids is 2. The van der Waals surface area contributed by atoms with E-state index in [0.29, 0.717) is 12.2 Å². The summed E-state index contributed by atoms with van der Waals surface area (Å²) in [5, 5.41) is 5.37. The molecule has 0 bridgehead atoms. The van der Waals surface area contributed by atoms with Crippen LogP contribution in [0.5, 0.6) is 0 Å². The van der Waals surface area contributed by atoms with E-state index < -0.39 is 15.6 Å². The maximum absolute atomic E-state index is 12.5. The van der Waals surface area contributed by atoms with E-state index >= 15 is 0 Å². The highest BCUT2D eigenvalue weighted by atomic mass is 32.2. The number of urea groups is 1. The quantitative estimate of drug-likeness (QED) is 0.579. The number of hydrogen-bond acceptors (Lipinski definition) is 4. The number of sulfonamides is 1. The van der Waals surface area contributed by atoms with Gasteiger partial charge in [-0.25, -0.2) is 17.9 Å². The van der Waals surface area contributed by atoms with Gasteiger partial charge in [0.1, 0.15) is 0 Å². The van der Waals surface area contributed by atoms with E-state index in [0.717, 1.165) is 5.56 Å². The first kappa shape index (κ1) is 24.4. The molecule has 0 atom stereocenters. The minimum absolute atomic E-state index is 0.0577. The van der Waals surface area contributed by atoms with Gasteiger partial charge in [0.05, 0.1) is 4.90 Å². The Balaban J connectivity index is 1.84. The first-order chi connectivity index (χ1) is 14.5. The molecule has 0 aliphatic rings. The van der Waals surface area contributed by atoms with Crippen molar-refractivity contribution in [3.63, 3.8) is 0 Å². The molecule has 9 heteroatoms. The monoisotopic (exact) mass is 446 g/mol. The summed E-state index contributed by atoms with van der Waals surface area (Å²) in [6, 6.07) is 15.4. The third-order valence-electron chi connectivity index (χ3n) is 4.11. The fourth-order valence-corrected chi connectivity index (χ4v) is 4.24. The van der Waals surface area contributed by atoms with E-state index in [4.69, 9.17) is 0 Å². The van der Waals surface area contributed by atoms with Crippen molar-refractivity contribution in [2.24, 2.45) is 0 Å². The molecule has 0 spiro atoms. The van der Waals surface area contributed by atoms with Crippen LogP contribution in [0.15, 0.2) is 59.5 Å². The molecule has 3 amide bonds. The summed E-state index contributed by atoms with van der Waals surface area (Å²) in [5.41, 5.74) is 0.757. The summed E-state index contributed by atoms with van der Waals surface area (Å²) in [4.78, 5) is 26.0. The Morgan fingerprint density at radius 1 is 1.00 bits per heavy atom. The summed E-state index contributed by atoms with van der Waals surface area (Å²) in [6.45, 7) is 5.88. The van der Waals surface area contributed by atoms with Crippen molar-refractivity contribution >= 4 is 27.6 Å². The van der Waals surface area contributed by atoms with Gasteiger partial charge in [0.25, 0.3) is 0 Å². The maximum atomic E-state index is 12.5. The molecule has 8 nitrogen and oxygen atoms in total. The first-order valence-electron chi connectivity index (χ1n) is 9.93. The van der Waals surface area contributed by atoms with Gasteiger partial charge < -0.3 is 15.5 Å².